The Morgan fingerprint density at radius 1 is 1.19 bits per heavy atom. The summed E-state index contributed by atoms with van der Waals surface area (Å²) in [6.45, 7) is 2.77. The van der Waals surface area contributed by atoms with E-state index in [1.807, 2.05) is 34.9 Å². The number of aromatic nitrogens is 2. The molecule has 1 fully saturated rings. The molecule has 2 aromatic heterocycles. The maximum Gasteiger partial charge on any atom is 0.326 e. The van der Waals surface area contributed by atoms with Crippen LogP contribution in [0.15, 0.2) is 46.6 Å². The molecule has 0 atom stereocenters. The van der Waals surface area contributed by atoms with E-state index in [2.05, 4.69) is 26.6 Å². The number of amides is 1. The second-order valence-electron chi connectivity index (χ2n) is 7.00. The van der Waals surface area contributed by atoms with Crippen molar-refractivity contribution in [2.45, 2.75) is 25.3 Å². The third-order valence-corrected chi connectivity index (χ3v) is 6.12. The van der Waals surface area contributed by atoms with Crippen LogP contribution in [0.25, 0.3) is 11.0 Å². The van der Waals surface area contributed by atoms with E-state index in [-0.39, 0.29) is 17.6 Å². The number of imidazole rings is 1. The quantitative estimate of drug-likeness (QED) is 0.686. The highest BCUT2D eigenvalue weighted by Gasteiger charge is 2.24. The van der Waals surface area contributed by atoms with Gasteiger partial charge in [-0.3, -0.25) is 14.3 Å². The van der Waals surface area contributed by atoms with Gasteiger partial charge in [-0.15, -0.1) is 11.3 Å². The molecule has 1 saturated heterocycles. The molecule has 3 aromatic rings. The number of hydrogen-bond donors (Lipinski definition) is 2. The summed E-state index contributed by atoms with van der Waals surface area (Å²) < 4.78 is 1.88. The fourth-order valence-electron chi connectivity index (χ4n) is 3.81. The summed E-state index contributed by atoms with van der Waals surface area (Å²) in [5, 5.41) is 5.06. The van der Waals surface area contributed by atoms with Crippen molar-refractivity contribution in [1.82, 2.24) is 19.8 Å². The minimum atomic E-state index is -0.0408. The topological polar surface area (TPSA) is 70.1 Å². The molecule has 0 saturated carbocycles. The van der Waals surface area contributed by atoms with Gasteiger partial charge >= 0.3 is 5.69 Å². The van der Waals surface area contributed by atoms with E-state index in [0.717, 1.165) is 43.4 Å². The molecule has 7 heteroatoms. The van der Waals surface area contributed by atoms with Gasteiger partial charge in [0.25, 0.3) is 0 Å². The van der Waals surface area contributed by atoms with Crippen LogP contribution in [-0.2, 0) is 11.2 Å². The van der Waals surface area contributed by atoms with Crippen molar-refractivity contribution in [3.05, 3.63) is 57.1 Å². The average Bonchev–Trinajstić information content (AvgIpc) is 3.29. The van der Waals surface area contributed by atoms with E-state index in [9.17, 15) is 9.59 Å². The number of hydrogen-bond acceptors (Lipinski definition) is 4. The summed E-state index contributed by atoms with van der Waals surface area (Å²) in [4.78, 5) is 30.9. The van der Waals surface area contributed by atoms with E-state index in [4.69, 9.17) is 0 Å². The standard InChI is InChI=1S/C20H24N4O2S/c25-19(21-10-7-16-4-3-13-27-16)14-23-11-8-15(9-12-23)24-18-6-2-1-5-17(18)22-20(24)26/h1-6,13,15H,7-12,14H2,(H,21,25)(H,22,26). The number of piperidine rings is 1. The van der Waals surface area contributed by atoms with Crippen molar-refractivity contribution in [3.63, 3.8) is 0 Å². The summed E-state index contributed by atoms with van der Waals surface area (Å²) in [5.41, 5.74) is 1.81. The Bertz CT molecular complexity index is 952. The number of carbonyl (C=O) groups excluding carboxylic acids is 1. The van der Waals surface area contributed by atoms with Gasteiger partial charge in [-0.25, -0.2) is 4.79 Å². The van der Waals surface area contributed by atoms with Gasteiger partial charge in [-0.2, -0.15) is 0 Å². The fourth-order valence-corrected chi connectivity index (χ4v) is 4.52. The fraction of sp³-hybridized carbons (Fsp3) is 0.400. The number of carbonyl (C=O) groups is 1. The molecule has 1 aromatic carbocycles. The van der Waals surface area contributed by atoms with Crippen molar-refractivity contribution in [2.75, 3.05) is 26.2 Å². The normalized spacial score (nSPS) is 16.0. The molecule has 0 bridgehead atoms. The molecule has 27 heavy (non-hydrogen) atoms. The number of para-hydroxylation sites is 2. The number of thiophene rings is 1. The Balaban J connectivity index is 1.28. The van der Waals surface area contributed by atoms with E-state index >= 15 is 0 Å². The highest BCUT2D eigenvalue weighted by atomic mass is 32.1. The Labute approximate surface area is 161 Å². The summed E-state index contributed by atoms with van der Waals surface area (Å²) in [6, 6.07) is 12.1. The van der Waals surface area contributed by atoms with Gasteiger partial charge in [0.2, 0.25) is 5.91 Å². The number of likely N-dealkylation sites (tertiary alicyclic amines) is 1. The summed E-state index contributed by atoms with van der Waals surface area (Å²) >= 11 is 1.72. The first-order valence-electron chi connectivity index (χ1n) is 9.41. The van der Waals surface area contributed by atoms with Crippen LogP contribution in [0.1, 0.15) is 23.8 Å². The lowest BCUT2D eigenvalue weighted by molar-refractivity contribution is -0.122. The number of nitrogens with one attached hydrogen (secondary N) is 2. The lowest BCUT2D eigenvalue weighted by atomic mass is 10.0. The Morgan fingerprint density at radius 2 is 2.00 bits per heavy atom. The van der Waals surface area contributed by atoms with Gasteiger partial charge in [-0.05, 0) is 42.8 Å². The minimum absolute atomic E-state index is 0.0408. The van der Waals surface area contributed by atoms with Gasteiger partial charge in [0, 0.05) is 30.6 Å². The summed E-state index contributed by atoms with van der Waals surface area (Å²) in [5.74, 6) is 0.0780. The second-order valence-corrected chi connectivity index (χ2v) is 8.04. The van der Waals surface area contributed by atoms with Crippen LogP contribution in [0.5, 0.6) is 0 Å². The first-order valence-corrected chi connectivity index (χ1v) is 10.3. The predicted molar refractivity (Wildman–Crippen MR) is 108 cm³/mol. The highest BCUT2D eigenvalue weighted by molar-refractivity contribution is 7.09. The van der Waals surface area contributed by atoms with Gasteiger partial charge in [0.15, 0.2) is 0 Å². The van der Waals surface area contributed by atoms with Crippen molar-refractivity contribution in [3.8, 4) is 0 Å². The lowest BCUT2D eigenvalue weighted by Crippen LogP contribution is -2.43. The first kappa shape index (κ1) is 18.0. The Hall–Kier alpha value is -2.38. The van der Waals surface area contributed by atoms with E-state index in [1.54, 1.807) is 11.3 Å². The third-order valence-electron chi connectivity index (χ3n) is 5.19. The van der Waals surface area contributed by atoms with Crippen molar-refractivity contribution < 1.29 is 4.79 Å². The third kappa shape index (κ3) is 4.14. The van der Waals surface area contributed by atoms with Crippen LogP contribution in [0.4, 0.5) is 0 Å². The molecule has 0 unspecified atom stereocenters. The van der Waals surface area contributed by atoms with Gasteiger partial charge in [0.1, 0.15) is 0 Å². The monoisotopic (exact) mass is 384 g/mol. The molecule has 0 radical (unpaired) electrons. The van der Waals surface area contributed by atoms with E-state index < -0.39 is 0 Å². The molecule has 1 aliphatic rings. The zero-order chi connectivity index (χ0) is 18.6. The van der Waals surface area contributed by atoms with Crippen molar-refractivity contribution in [1.29, 1.82) is 0 Å². The van der Waals surface area contributed by atoms with E-state index in [0.29, 0.717) is 13.1 Å². The minimum Gasteiger partial charge on any atom is -0.355 e. The van der Waals surface area contributed by atoms with Crippen LogP contribution < -0.4 is 11.0 Å². The predicted octanol–water partition coefficient (Wildman–Crippen LogP) is 2.39. The van der Waals surface area contributed by atoms with Crippen LogP contribution in [0.2, 0.25) is 0 Å². The Morgan fingerprint density at radius 3 is 2.78 bits per heavy atom. The smallest absolute Gasteiger partial charge is 0.326 e. The average molecular weight is 385 g/mol. The zero-order valence-electron chi connectivity index (χ0n) is 15.2. The molecular formula is C20H24N4O2S. The zero-order valence-corrected chi connectivity index (χ0v) is 16.0. The number of rotatable bonds is 6. The first-order chi connectivity index (χ1) is 13.2. The van der Waals surface area contributed by atoms with Crippen LogP contribution in [0, 0.1) is 0 Å². The molecule has 1 aliphatic heterocycles. The maximum absolute atomic E-state index is 12.3. The number of fused-ring (bicyclic) bond motifs is 1. The lowest BCUT2D eigenvalue weighted by Gasteiger charge is -2.32. The molecule has 4 rings (SSSR count). The Kier molecular flexibility index (Phi) is 5.40. The largest absolute Gasteiger partial charge is 0.355 e. The SMILES string of the molecule is O=C(CN1CCC(n2c(=O)[nH]c3ccccc32)CC1)NCCc1cccs1. The number of aromatic amines is 1. The molecule has 142 valence electrons. The molecule has 3 heterocycles. The van der Waals surface area contributed by atoms with Crippen LogP contribution >= 0.6 is 11.3 Å². The number of benzene rings is 1. The van der Waals surface area contributed by atoms with Gasteiger partial charge in [0.05, 0.1) is 17.6 Å². The summed E-state index contributed by atoms with van der Waals surface area (Å²) in [7, 11) is 0. The highest BCUT2D eigenvalue weighted by Crippen LogP contribution is 2.24. The van der Waals surface area contributed by atoms with E-state index in [1.165, 1.54) is 4.88 Å². The van der Waals surface area contributed by atoms with Gasteiger partial charge in [-0.1, -0.05) is 18.2 Å². The summed E-state index contributed by atoms with van der Waals surface area (Å²) in [6.07, 6.45) is 2.64. The van der Waals surface area contributed by atoms with Crippen LogP contribution in [-0.4, -0.2) is 46.5 Å². The number of nitrogens with zero attached hydrogens (tertiary/aromatic N) is 2. The van der Waals surface area contributed by atoms with Gasteiger partial charge < -0.3 is 10.3 Å². The number of H-pyrrole nitrogens is 1. The van der Waals surface area contributed by atoms with Crippen molar-refractivity contribution in [2.24, 2.45) is 0 Å². The molecule has 6 nitrogen and oxygen atoms in total. The maximum atomic E-state index is 12.3. The van der Waals surface area contributed by atoms with Crippen LogP contribution in [0.3, 0.4) is 0 Å². The molecule has 0 spiro atoms. The second kappa shape index (κ2) is 8.10. The molecule has 0 aliphatic carbocycles. The molecule has 1 amide bonds. The molecule has 2 N–H and O–H groups in total. The molecular weight excluding hydrogens is 360 g/mol. The van der Waals surface area contributed by atoms with Crippen molar-refractivity contribution >= 4 is 28.3 Å².